The predicted octanol–water partition coefficient (Wildman–Crippen LogP) is 5.77. The Morgan fingerprint density at radius 3 is 2.65 bits per heavy atom. The lowest BCUT2D eigenvalue weighted by Gasteiger charge is -2.36. The largest absolute Gasteiger partial charge is 0.508 e. The first-order valence-corrected chi connectivity index (χ1v) is 21.6. The second-order valence-corrected chi connectivity index (χ2v) is 17.9. The third kappa shape index (κ3) is 9.59. The molecule has 0 aliphatic carbocycles. The highest BCUT2D eigenvalue weighted by Crippen LogP contribution is 2.41. The molecule has 332 valence electrons. The number of aromatic nitrogens is 2. The maximum Gasteiger partial charge on any atom is 0.410 e. The number of nitrogens with zero attached hydrogens (tertiary/aromatic N) is 4. The number of amides is 3. The number of carbonyl (C=O) groups is 4. The number of aryl methyl sites for hydroxylation is 1. The van der Waals surface area contributed by atoms with E-state index in [9.17, 15) is 24.3 Å². The van der Waals surface area contributed by atoms with Crippen LogP contribution in [0.2, 0.25) is 0 Å². The summed E-state index contributed by atoms with van der Waals surface area (Å²) in [5.74, 6) is -1.85. The Kier molecular flexibility index (Phi) is 13.5. The van der Waals surface area contributed by atoms with Crippen LogP contribution in [0, 0.1) is 11.3 Å². The van der Waals surface area contributed by atoms with Crippen molar-refractivity contribution in [2.45, 2.75) is 104 Å². The van der Waals surface area contributed by atoms with Crippen molar-refractivity contribution in [1.29, 1.82) is 0 Å². The fourth-order valence-electron chi connectivity index (χ4n) is 9.06. The van der Waals surface area contributed by atoms with E-state index in [4.69, 9.17) is 18.9 Å². The molecule has 15 heteroatoms. The molecule has 15 nitrogen and oxygen atoms in total. The molecule has 0 unspecified atom stereocenters. The number of aromatic hydroxyl groups is 1. The molecule has 3 aliphatic heterocycles. The number of cyclic esters (lactones) is 1. The van der Waals surface area contributed by atoms with Crippen LogP contribution in [0.15, 0.2) is 54.9 Å². The third-order valence-corrected chi connectivity index (χ3v) is 12.1. The molecule has 62 heavy (non-hydrogen) atoms. The van der Waals surface area contributed by atoms with Gasteiger partial charge in [0.05, 0.1) is 32.1 Å². The van der Waals surface area contributed by atoms with E-state index in [1.165, 1.54) is 17.0 Å². The smallest absolute Gasteiger partial charge is 0.410 e. The molecular formula is C47H60N6O9. The van der Waals surface area contributed by atoms with Crippen LogP contribution in [0.25, 0.3) is 33.3 Å². The van der Waals surface area contributed by atoms with Crippen LogP contribution in [0.3, 0.4) is 0 Å². The van der Waals surface area contributed by atoms with Gasteiger partial charge in [-0.25, -0.2) is 10.2 Å². The molecule has 4 atom stereocenters. The monoisotopic (exact) mass is 852 g/mol. The van der Waals surface area contributed by atoms with Crippen molar-refractivity contribution in [2.75, 3.05) is 40.5 Å². The standard InChI is InChI=1S/C47H60N6O9/c1-8-52-40-12-11-30-22-35(40)36(42(52)37-24-48-15-13-31(37)25-59-7)23-47(4,5)27-61-45(57)38-10-9-16-53(50-38)44(56)39(20-29-18-32(30)21-33(54)19-29)49-43(55)41(28(2)3)51(6)46(58)62-34-14-17-60-26-34/h11-13,15,18-19,21-22,24,28,34,38-39,41,50,54H,8-10,14,16-17,20,23,25-27H2,1-7H3,(H,49,55)/t34-,38+,39+,41+/m1/s1. The van der Waals surface area contributed by atoms with Gasteiger partial charge in [-0.15, -0.1) is 0 Å². The number of hydrazine groups is 1. The SMILES string of the molecule is CCn1c(-c2cnccc2COC)c2c3cc(ccc31)-c1cc(O)cc(c1)C[C@H](NC(=O)[C@H](C(C)C)N(C)C(=O)O[C@@H]1CCOC1)C(=O)N1CCC[C@H](N1)C(=O)OCC(C)(C)C2. The number of fused-ring (bicyclic) bond motifs is 6. The highest BCUT2D eigenvalue weighted by atomic mass is 16.6. The second-order valence-electron chi connectivity index (χ2n) is 17.9. The van der Waals surface area contributed by atoms with Crippen molar-refractivity contribution in [3.05, 3.63) is 71.5 Å². The molecule has 3 aliphatic rings. The normalized spacial score (nSPS) is 21.0. The zero-order chi connectivity index (χ0) is 44.3. The Labute approximate surface area is 363 Å². The number of nitrogens with one attached hydrogen (secondary N) is 2. The fraction of sp³-hybridized carbons (Fsp3) is 0.511. The van der Waals surface area contributed by atoms with E-state index in [2.05, 4.69) is 53.2 Å². The van der Waals surface area contributed by atoms with Gasteiger partial charge in [0.15, 0.2) is 0 Å². The number of phenolic OH excluding ortho intramolecular Hbond substituents is 1. The van der Waals surface area contributed by atoms with Crippen LogP contribution in [-0.4, -0.2) is 113 Å². The predicted molar refractivity (Wildman–Crippen MR) is 233 cm³/mol. The van der Waals surface area contributed by atoms with E-state index in [-0.39, 0.29) is 31.2 Å². The van der Waals surface area contributed by atoms with Gasteiger partial charge < -0.3 is 33.9 Å². The zero-order valence-electron chi connectivity index (χ0n) is 36.9. The molecule has 2 aromatic carbocycles. The van der Waals surface area contributed by atoms with E-state index in [1.807, 2.05) is 38.2 Å². The topological polar surface area (TPSA) is 174 Å². The van der Waals surface area contributed by atoms with E-state index in [1.54, 1.807) is 25.4 Å². The van der Waals surface area contributed by atoms with Crippen LogP contribution in [0.5, 0.6) is 5.75 Å². The molecule has 2 aromatic heterocycles. The molecule has 3 amide bonds. The lowest BCUT2D eigenvalue weighted by molar-refractivity contribution is -0.155. The van der Waals surface area contributed by atoms with Crippen molar-refractivity contribution in [3.8, 4) is 28.1 Å². The molecular weight excluding hydrogens is 793 g/mol. The quantitative estimate of drug-likeness (QED) is 0.175. The van der Waals surface area contributed by atoms with Gasteiger partial charge in [-0.2, -0.15) is 0 Å². The lowest BCUT2D eigenvalue weighted by Crippen LogP contribution is -2.62. The lowest BCUT2D eigenvalue weighted by atomic mass is 9.84. The molecule has 3 N–H and O–H groups in total. The number of carbonyl (C=O) groups excluding carboxylic acids is 4. The van der Waals surface area contributed by atoms with E-state index < -0.39 is 53.5 Å². The summed E-state index contributed by atoms with van der Waals surface area (Å²) in [6.45, 7) is 12.1. The summed E-state index contributed by atoms with van der Waals surface area (Å²) < 4.78 is 25.0. The number of hydrogen-bond acceptors (Lipinski definition) is 11. The molecule has 2 fully saturated rings. The number of hydrogen-bond donors (Lipinski definition) is 3. The van der Waals surface area contributed by atoms with Gasteiger partial charge in [-0.3, -0.25) is 29.3 Å². The summed E-state index contributed by atoms with van der Waals surface area (Å²) in [4.78, 5) is 61.8. The van der Waals surface area contributed by atoms with Crippen molar-refractivity contribution in [3.63, 3.8) is 0 Å². The van der Waals surface area contributed by atoms with Gasteiger partial charge in [0.1, 0.15) is 30.0 Å². The zero-order valence-corrected chi connectivity index (χ0v) is 36.9. The van der Waals surface area contributed by atoms with Crippen molar-refractivity contribution < 1.29 is 43.2 Å². The van der Waals surface area contributed by atoms with E-state index in [0.717, 1.165) is 44.4 Å². The first-order chi connectivity index (χ1) is 29.7. The van der Waals surface area contributed by atoms with Gasteiger partial charge in [0.25, 0.3) is 5.91 Å². The average Bonchev–Trinajstić information content (AvgIpc) is 3.87. The molecule has 2 saturated heterocycles. The Balaban J connectivity index is 1.32. The summed E-state index contributed by atoms with van der Waals surface area (Å²) in [6, 6.07) is 10.5. The van der Waals surface area contributed by atoms with Gasteiger partial charge in [-0.1, -0.05) is 39.8 Å². The number of benzene rings is 2. The maximum atomic E-state index is 14.6. The van der Waals surface area contributed by atoms with Crippen LogP contribution in [-0.2, 0) is 59.3 Å². The van der Waals surface area contributed by atoms with Gasteiger partial charge in [-0.05, 0) is 90.3 Å². The summed E-state index contributed by atoms with van der Waals surface area (Å²) in [6.07, 6.45) is 4.66. The highest BCUT2D eigenvalue weighted by Gasteiger charge is 2.38. The molecule has 7 rings (SSSR count). The Hall–Kier alpha value is -5.51. The molecule has 5 heterocycles. The minimum absolute atomic E-state index is 0.00101. The van der Waals surface area contributed by atoms with E-state index in [0.29, 0.717) is 57.6 Å². The first-order valence-electron chi connectivity index (χ1n) is 21.6. The number of esters is 1. The third-order valence-electron chi connectivity index (χ3n) is 12.1. The first kappa shape index (κ1) is 44.5. The number of pyridine rings is 1. The van der Waals surface area contributed by atoms with Crippen molar-refractivity contribution in [1.82, 2.24) is 30.2 Å². The Bertz CT molecular complexity index is 2300. The van der Waals surface area contributed by atoms with Crippen molar-refractivity contribution in [2.24, 2.45) is 11.3 Å². The number of rotatable bonds is 9. The number of ether oxygens (including phenoxy) is 4. The van der Waals surface area contributed by atoms with Crippen LogP contribution < -0.4 is 10.7 Å². The number of likely N-dealkylation sites (N-methyl/N-ethyl adjacent to an activating group) is 1. The molecule has 4 aromatic rings. The van der Waals surface area contributed by atoms with E-state index >= 15 is 0 Å². The van der Waals surface area contributed by atoms with Gasteiger partial charge in [0.2, 0.25) is 5.91 Å². The maximum absolute atomic E-state index is 14.6. The fourth-order valence-corrected chi connectivity index (χ4v) is 9.06. The molecule has 6 bridgehead atoms. The average molecular weight is 853 g/mol. The number of methoxy groups -OCH3 is 1. The Morgan fingerprint density at radius 1 is 1.11 bits per heavy atom. The van der Waals surface area contributed by atoms with Gasteiger partial charge >= 0.3 is 12.1 Å². The summed E-state index contributed by atoms with van der Waals surface area (Å²) in [5, 5.41) is 16.6. The summed E-state index contributed by atoms with van der Waals surface area (Å²) in [5.41, 5.74) is 9.77. The minimum Gasteiger partial charge on any atom is -0.508 e. The minimum atomic E-state index is -1.15. The summed E-state index contributed by atoms with van der Waals surface area (Å²) >= 11 is 0. The second kappa shape index (κ2) is 18.9. The van der Waals surface area contributed by atoms with Crippen LogP contribution >= 0.6 is 0 Å². The van der Waals surface area contributed by atoms with Crippen molar-refractivity contribution >= 4 is 34.8 Å². The molecule has 0 radical (unpaired) electrons. The van der Waals surface area contributed by atoms with Gasteiger partial charge in [0, 0.05) is 74.4 Å². The van der Waals surface area contributed by atoms with Crippen LogP contribution in [0.1, 0.15) is 70.6 Å². The molecule has 0 saturated carbocycles. The molecule has 0 spiro atoms. The van der Waals surface area contributed by atoms with Crippen LogP contribution in [0.4, 0.5) is 4.79 Å². The summed E-state index contributed by atoms with van der Waals surface area (Å²) in [7, 11) is 3.18. The number of phenols is 1. The highest BCUT2D eigenvalue weighted by molar-refractivity contribution is 5.96. The Morgan fingerprint density at radius 2 is 1.92 bits per heavy atom.